The Morgan fingerprint density at radius 1 is 0.722 bits per heavy atom. The van der Waals surface area contributed by atoms with E-state index in [2.05, 4.69) is 5.14 Å². The Labute approximate surface area is 92.2 Å². The summed E-state index contributed by atoms with van der Waals surface area (Å²) in [5.74, 6) is -14.5. The van der Waals surface area contributed by atoms with Crippen molar-refractivity contribution in [2.75, 3.05) is 0 Å². The van der Waals surface area contributed by atoms with Crippen LogP contribution in [0.1, 0.15) is 0 Å². The standard InChI is InChI=1S/C4H2F9NO2S.FH/c5-1(6,3(9,10)11)2(7,8)4(12,13)17(14,15)16;/h(H2,14,15,16);1H. The van der Waals surface area contributed by atoms with Crippen molar-refractivity contribution in [3.05, 3.63) is 0 Å². The molecule has 2 N–H and O–H groups in total. The molecule has 0 bridgehead atoms. The number of halogens is 10. The lowest BCUT2D eigenvalue weighted by Gasteiger charge is -2.32. The Kier molecular flexibility index (Phi) is 4.77. The van der Waals surface area contributed by atoms with Crippen LogP contribution in [0.4, 0.5) is 44.2 Å². The molecule has 0 spiro atoms. The molecule has 0 aliphatic carbocycles. The Balaban J connectivity index is 0. The zero-order valence-corrected chi connectivity index (χ0v) is 8.43. The summed E-state index contributed by atoms with van der Waals surface area (Å²) in [6.45, 7) is 0. The average molecular weight is 319 g/mol. The van der Waals surface area contributed by atoms with Gasteiger partial charge in [-0.3, -0.25) is 4.70 Å². The van der Waals surface area contributed by atoms with E-state index < -0.39 is 33.3 Å². The molecule has 0 heterocycles. The van der Waals surface area contributed by atoms with Gasteiger partial charge in [-0.2, -0.15) is 39.5 Å². The van der Waals surface area contributed by atoms with Gasteiger partial charge < -0.3 is 0 Å². The predicted molar refractivity (Wildman–Crippen MR) is 36.5 cm³/mol. The summed E-state index contributed by atoms with van der Waals surface area (Å²) in [5.41, 5.74) is 0. The van der Waals surface area contributed by atoms with E-state index in [0.29, 0.717) is 0 Å². The third-order valence-electron chi connectivity index (χ3n) is 1.47. The zero-order chi connectivity index (χ0) is 14.5. The summed E-state index contributed by atoms with van der Waals surface area (Å²) in [6, 6.07) is 0. The van der Waals surface area contributed by atoms with Gasteiger partial charge in [-0.05, 0) is 0 Å². The van der Waals surface area contributed by atoms with Gasteiger partial charge in [0.05, 0.1) is 0 Å². The van der Waals surface area contributed by atoms with Crippen molar-refractivity contribution in [1.82, 2.24) is 0 Å². The second kappa shape index (κ2) is 4.40. The Morgan fingerprint density at radius 2 is 1.00 bits per heavy atom. The Morgan fingerprint density at radius 3 is 1.17 bits per heavy atom. The molecule has 0 rings (SSSR count). The molecule has 3 nitrogen and oxygen atoms in total. The summed E-state index contributed by atoms with van der Waals surface area (Å²) >= 11 is 0. The number of hydrogen-bond acceptors (Lipinski definition) is 2. The number of hydrogen-bond donors (Lipinski definition) is 1. The third-order valence-corrected chi connectivity index (χ3v) is 2.44. The number of nitrogens with two attached hydrogens (primary N) is 1. The molecule has 0 aliphatic rings. The van der Waals surface area contributed by atoms with Gasteiger partial charge in [0.1, 0.15) is 0 Å². The van der Waals surface area contributed by atoms with Gasteiger partial charge in [-0.1, -0.05) is 0 Å². The fourth-order valence-electron chi connectivity index (χ4n) is 0.539. The molecule has 112 valence electrons. The number of rotatable bonds is 3. The van der Waals surface area contributed by atoms with Crippen LogP contribution in [0.3, 0.4) is 0 Å². The first-order valence-corrected chi connectivity index (χ1v) is 4.77. The molecule has 0 aliphatic heterocycles. The quantitative estimate of drug-likeness (QED) is 0.807. The molecule has 0 saturated carbocycles. The summed E-state index contributed by atoms with van der Waals surface area (Å²) < 4.78 is 127. The molecule has 0 aromatic carbocycles. The van der Waals surface area contributed by atoms with Gasteiger partial charge in [0.2, 0.25) is 0 Å². The fraction of sp³-hybridized carbons (Fsp3) is 1.00. The van der Waals surface area contributed by atoms with Crippen LogP contribution in [0.25, 0.3) is 0 Å². The van der Waals surface area contributed by atoms with Crippen LogP contribution in [0.5, 0.6) is 0 Å². The van der Waals surface area contributed by atoms with Crippen LogP contribution < -0.4 is 5.14 Å². The van der Waals surface area contributed by atoms with E-state index in [1.54, 1.807) is 0 Å². The predicted octanol–water partition coefficient (Wildman–Crippen LogP) is 1.85. The van der Waals surface area contributed by atoms with Gasteiger partial charge in [0.15, 0.2) is 0 Å². The minimum Gasteiger partial charge on any atom is -0.269 e. The van der Waals surface area contributed by atoms with Crippen molar-refractivity contribution >= 4 is 10.0 Å². The lowest BCUT2D eigenvalue weighted by atomic mass is 10.1. The topological polar surface area (TPSA) is 60.2 Å². The Hall–Kier alpha value is -0.790. The van der Waals surface area contributed by atoms with E-state index in [1.807, 2.05) is 0 Å². The van der Waals surface area contributed by atoms with Crippen LogP contribution in [0.15, 0.2) is 0 Å². The SMILES string of the molecule is F.NS(=O)(=O)C(F)(F)C(F)(F)C(F)(F)C(F)(F)F. The molecule has 0 fully saturated rings. The van der Waals surface area contributed by atoms with Crippen LogP contribution in [-0.2, 0) is 10.0 Å². The fourth-order valence-corrected chi connectivity index (χ4v) is 1.02. The lowest BCUT2D eigenvalue weighted by molar-refractivity contribution is -0.382. The Bertz CT molecular complexity index is 397. The second-order valence-corrected chi connectivity index (χ2v) is 4.31. The summed E-state index contributed by atoms with van der Waals surface area (Å²) in [5, 5.41) is -3.30. The van der Waals surface area contributed by atoms with Crippen molar-refractivity contribution in [2.24, 2.45) is 5.14 Å². The van der Waals surface area contributed by atoms with Crippen molar-refractivity contribution in [3.8, 4) is 0 Å². The highest BCUT2D eigenvalue weighted by atomic mass is 32.2. The number of primary sulfonamides is 1. The van der Waals surface area contributed by atoms with E-state index in [1.165, 1.54) is 0 Å². The lowest BCUT2D eigenvalue weighted by Crippen LogP contribution is -2.64. The van der Waals surface area contributed by atoms with E-state index >= 15 is 0 Å². The molecule has 18 heavy (non-hydrogen) atoms. The maximum Gasteiger partial charge on any atom is 0.460 e. The van der Waals surface area contributed by atoms with Crippen LogP contribution in [-0.4, -0.2) is 31.7 Å². The first-order chi connectivity index (χ1) is 7.00. The highest BCUT2D eigenvalue weighted by molar-refractivity contribution is 7.90. The first-order valence-electron chi connectivity index (χ1n) is 3.22. The molecule has 0 amide bonds. The number of alkyl halides is 9. The van der Waals surface area contributed by atoms with Crippen molar-refractivity contribution < 1.29 is 52.6 Å². The van der Waals surface area contributed by atoms with Gasteiger partial charge in [-0.15, -0.1) is 0 Å². The van der Waals surface area contributed by atoms with E-state index in [9.17, 15) is 47.9 Å². The molecular weight excluding hydrogens is 316 g/mol. The van der Waals surface area contributed by atoms with Gasteiger partial charge >= 0.3 is 23.3 Å². The highest BCUT2D eigenvalue weighted by Gasteiger charge is 2.85. The third kappa shape index (κ3) is 2.48. The number of sulfonamides is 1. The van der Waals surface area contributed by atoms with Crippen molar-refractivity contribution in [2.45, 2.75) is 23.3 Å². The van der Waals surface area contributed by atoms with Crippen molar-refractivity contribution in [3.63, 3.8) is 0 Å². The van der Waals surface area contributed by atoms with E-state index in [4.69, 9.17) is 0 Å². The smallest absolute Gasteiger partial charge is 0.269 e. The molecule has 0 aromatic heterocycles. The molecule has 0 atom stereocenters. The van der Waals surface area contributed by atoms with E-state index in [-0.39, 0.29) is 4.70 Å². The van der Waals surface area contributed by atoms with Crippen LogP contribution >= 0.6 is 0 Å². The van der Waals surface area contributed by atoms with Crippen LogP contribution in [0.2, 0.25) is 0 Å². The minimum atomic E-state index is -7.27. The molecule has 0 saturated heterocycles. The molecule has 0 radical (unpaired) electrons. The van der Waals surface area contributed by atoms with E-state index in [0.717, 1.165) is 0 Å². The molecule has 14 heteroatoms. The van der Waals surface area contributed by atoms with Gasteiger partial charge in [0, 0.05) is 0 Å². The minimum absolute atomic E-state index is 0. The first kappa shape index (κ1) is 19.5. The monoisotopic (exact) mass is 319 g/mol. The van der Waals surface area contributed by atoms with Gasteiger partial charge in [-0.25, -0.2) is 13.6 Å². The zero-order valence-electron chi connectivity index (χ0n) is 7.61. The summed E-state index contributed by atoms with van der Waals surface area (Å²) in [7, 11) is -6.67. The summed E-state index contributed by atoms with van der Waals surface area (Å²) in [4.78, 5) is 0. The normalized spacial score (nSPS) is 15.2. The molecule has 0 unspecified atom stereocenters. The maximum absolute atomic E-state index is 12.3. The highest BCUT2D eigenvalue weighted by Crippen LogP contribution is 2.54. The van der Waals surface area contributed by atoms with Crippen LogP contribution in [0, 0.1) is 0 Å². The molecule has 0 aromatic rings. The van der Waals surface area contributed by atoms with Crippen molar-refractivity contribution in [1.29, 1.82) is 0 Å². The van der Waals surface area contributed by atoms with Gasteiger partial charge in [0.25, 0.3) is 10.0 Å². The maximum atomic E-state index is 12.3. The summed E-state index contributed by atoms with van der Waals surface area (Å²) in [6.07, 6.45) is -7.08. The second-order valence-electron chi connectivity index (χ2n) is 2.71. The average Bonchev–Trinajstić information content (AvgIpc) is 1.98. The largest absolute Gasteiger partial charge is 0.460 e. The molecular formula is C4H3F10NO2S.